The summed E-state index contributed by atoms with van der Waals surface area (Å²) in [6.07, 6.45) is 0. The van der Waals surface area contributed by atoms with Gasteiger partial charge in [0, 0.05) is 6.54 Å². The van der Waals surface area contributed by atoms with Gasteiger partial charge in [0.05, 0.1) is 11.6 Å². The number of carboxylic acid groups (broad SMARTS) is 1. The molecular formula is C15H16N2O4. The van der Waals surface area contributed by atoms with E-state index in [-0.39, 0.29) is 12.5 Å². The van der Waals surface area contributed by atoms with Crippen LogP contribution in [0.15, 0.2) is 34.9 Å². The van der Waals surface area contributed by atoms with E-state index < -0.39 is 11.9 Å². The second-order valence-corrected chi connectivity index (χ2v) is 4.71. The number of amides is 1. The van der Waals surface area contributed by atoms with Gasteiger partial charge in [0.1, 0.15) is 11.3 Å². The summed E-state index contributed by atoms with van der Waals surface area (Å²) in [5.41, 5.74) is 1.48. The van der Waals surface area contributed by atoms with E-state index in [0.717, 1.165) is 0 Å². The number of hydrogen-bond donors (Lipinski definition) is 2. The van der Waals surface area contributed by atoms with Gasteiger partial charge in [-0.3, -0.25) is 9.59 Å². The van der Waals surface area contributed by atoms with Crippen molar-refractivity contribution in [1.29, 1.82) is 0 Å². The minimum atomic E-state index is -0.986. The summed E-state index contributed by atoms with van der Waals surface area (Å²) < 4.78 is 4.93. The highest BCUT2D eigenvalue weighted by atomic mass is 16.5. The summed E-state index contributed by atoms with van der Waals surface area (Å²) in [5.74, 6) is -1.75. The van der Waals surface area contributed by atoms with E-state index >= 15 is 0 Å². The van der Waals surface area contributed by atoms with Crippen LogP contribution in [0.2, 0.25) is 0 Å². The Morgan fingerprint density at radius 2 is 1.95 bits per heavy atom. The van der Waals surface area contributed by atoms with Crippen molar-refractivity contribution in [3.05, 3.63) is 52.9 Å². The van der Waals surface area contributed by atoms with Crippen molar-refractivity contribution in [3.63, 3.8) is 0 Å². The highest BCUT2D eigenvalue weighted by Gasteiger charge is 2.23. The van der Waals surface area contributed by atoms with Gasteiger partial charge < -0.3 is 14.9 Å². The lowest BCUT2D eigenvalue weighted by molar-refractivity contribution is -0.138. The number of nitrogens with one attached hydrogen (secondary N) is 1. The van der Waals surface area contributed by atoms with Gasteiger partial charge in [-0.1, -0.05) is 35.5 Å². The lowest BCUT2D eigenvalue weighted by Gasteiger charge is -2.13. The molecule has 0 saturated heterocycles. The topological polar surface area (TPSA) is 92.4 Å². The number of aromatic nitrogens is 1. The summed E-state index contributed by atoms with van der Waals surface area (Å²) in [5, 5.41) is 15.6. The molecule has 0 radical (unpaired) electrons. The summed E-state index contributed by atoms with van der Waals surface area (Å²) in [4.78, 5) is 23.5. The molecule has 110 valence electrons. The molecule has 0 aliphatic rings. The number of aliphatic carboxylic acids is 1. The van der Waals surface area contributed by atoms with Gasteiger partial charge >= 0.3 is 5.97 Å². The van der Waals surface area contributed by atoms with Gasteiger partial charge in [-0.05, 0) is 19.4 Å². The quantitative estimate of drug-likeness (QED) is 0.876. The van der Waals surface area contributed by atoms with Crippen molar-refractivity contribution < 1.29 is 19.2 Å². The van der Waals surface area contributed by atoms with E-state index in [4.69, 9.17) is 4.52 Å². The minimum absolute atomic E-state index is 0.00222. The van der Waals surface area contributed by atoms with Crippen LogP contribution in [0.4, 0.5) is 0 Å². The molecular weight excluding hydrogens is 272 g/mol. The number of hydrogen-bond acceptors (Lipinski definition) is 4. The number of benzene rings is 1. The Balaban J connectivity index is 2.10. The molecule has 0 bridgehead atoms. The van der Waals surface area contributed by atoms with Gasteiger partial charge in [-0.25, -0.2) is 0 Å². The molecule has 2 aromatic rings. The molecule has 1 aromatic carbocycles. The molecule has 0 aliphatic carbocycles. The second-order valence-electron chi connectivity index (χ2n) is 4.71. The molecule has 1 heterocycles. The monoisotopic (exact) mass is 288 g/mol. The third kappa shape index (κ3) is 3.28. The molecule has 21 heavy (non-hydrogen) atoms. The Labute approximate surface area is 121 Å². The van der Waals surface area contributed by atoms with Crippen LogP contribution in [-0.2, 0) is 4.79 Å². The Morgan fingerprint density at radius 3 is 2.48 bits per heavy atom. The maximum atomic E-state index is 12.1. The molecule has 1 aromatic heterocycles. The SMILES string of the molecule is Cc1noc(C)c1C(=O)NCC(C(=O)O)c1ccccc1. The van der Waals surface area contributed by atoms with Crippen molar-refractivity contribution in [3.8, 4) is 0 Å². The van der Waals surface area contributed by atoms with Crippen LogP contribution in [0.5, 0.6) is 0 Å². The molecule has 1 amide bonds. The zero-order chi connectivity index (χ0) is 15.4. The smallest absolute Gasteiger partial charge is 0.312 e. The number of carboxylic acids is 1. The first-order valence-corrected chi connectivity index (χ1v) is 6.49. The molecule has 0 saturated carbocycles. The van der Waals surface area contributed by atoms with Gasteiger partial charge in [-0.15, -0.1) is 0 Å². The van der Waals surface area contributed by atoms with Crippen molar-refractivity contribution in [2.75, 3.05) is 6.54 Å². The highest BCUT2D eigenvalue weighted by Crippen LogP contribution is 2.16. The molecule has 6 heteroatoms. The van der Waals surface area contributed by atoms with Gasteiger partial charge in [0.2, 0.25) is 0 Å². The van der Waals surface area contributed by atoms with Gasteiger partial charge in [0.15, 0.2) is 0 Å². The number of rotatable bonds is 5. The lowest BCUT2D eigenvalue weighted by atomic mass is 9.99. The molecule has 1 unspecified atom stereocenters. The largest absolute Gasteiger partial charge is 0.481 e. The van der Waals surface area contributed by atoms with Gasteiger partial charge in [0.25, 0.3) is 5.91 Å². The van der Waals surface area contributed by atoms with Crippen molar-refractivity contribution in [2.24, 2.45) is 0 Å². The molecule has 0 aliphatic heterocycles. The Bertz CT molecular complexity index is 629. The van der Waals surface area contributed by atoms with Crippen LogP contribution in [0.1, 0.15) is 33.3 Å². The third-order valence-corrected chi connectivity index (χ3v) is 3.23. The maximum Gasteiger partial charge on any atom is 0.312 e. The van der Waals surface area contributed by atoms with E-state index in [9.17, 15) is 14.7 Å². The van der Waals surface area contributed by atoms with Crippen molar-refractivity contribution >= 4 is 11.9 Å². The maximum absolute atomic E-state index is 12.1. The fourth-order valence-electron chi connectivity index (χ4n) is 2.12. The van der Waals surface area contributed by atoms with Crippen LogP contribution >= 0.6 is 0 Å². The molecule has 2 rings (SSSR count). The first kappa shape index (κ1) is 14.8. The number of nitrogens with zero attached hydrogens (tertiary/aromatic N) is 1. The molecule has 6 nitrogen and oxygen atoms in total. The van der Waals surface area contributed by atoms with Gasteiger partial charge in [-0.2, -0.15) is 0 Å². The van der Waals surface area contributed by atoms with Crippen molar-refractivity contribution in [1.82, 2.24) is 10.5 Å². The highest BCUT2D eigenvalue weighted by molar-refractivity contribution is 5.96. The van der Waals surface area contributed by atoms with E-state index in [1.54, 1.807) is 38.1 Å². The zero-order valence-corrected chi connectivity index (χ0v) is 11.8. The Hall–Kier alpha value is -2.63. The minimum Gasteiger partial charge on any atom is -0.481 e. The fraction of sp³-hybridized carbons (Fsp3) is 0.267. The standard InChI is InChI=1S/C15H16N2O4/c1-9-13(10(2)21-17-9)14(18)16-8-12(15(19)20)11-6-4-3-5-7-11/h3-7,12H,8H2,1-2H3,(H,16,18)(H,19,20). The zero-order valence-electron chi connectivity index (χ0n) is 11.8. The van der Waals surface area contributed by atoms with Crippen molar-refractivity contribution in [2.45, 2.75) is 19.8 Å². The molecule has 0 fully saturated rings. The Kier molecular flexibility index (Phi) is 4.37. The molecule has 1 atom stereocenters. The summed E-state index contributed by atoms with van der Waals surface area (Å²) in [6, 6.07) is 8.79. The normalized spacial score (nSPS) is 11.9. The number of carbonyl (C=O) groups excluding carboxylic acids is 1. The van der Waals surface area contributed by atoms with E-state index in [1.807, 2.05) is 6.07 Å². The second kappa shape index (κ2) is 6.21. The van der Waals surface area contributed by atoms with E-state index in [0.29, 0.717) is 22.6 Å². The van der Waals surface area contributed by atoms with Crippen LogP contribution in [0.3, 0.4) is 0 Å². The predicted octanol–water partition coefficient (Wildman–Crippen LogP) is 1.89. The summed E-state index contributed by atoms with van der Waals surface area (Å²) in [6.45, 7) is 3.31. The van der Waals surface area contributed by atoms with Crippen LogP contribution in [0, 0.1) is 13.8 Å². The molecule has 2 N–H and O–H groups in total. The number of aryl methyl sites for hydroxylation is 2. The first-order chi connectivity index (χ1) is 10.0. The number of carbonyl (C=O) groups is 2. The molecule has 0 spiro atoms. The van der Waals surface area contributed by atoms with Crippen LogP contribution in [0.25, 0.3) is 0 Å². The Morgan fingerprint density at radius 1 is 1.29 bits per heavy atom. The third-order valence-electron chi connectivity index (χ3n) is 3.23. The summed E-state index contributed by atoms with van der Waals surface area (Å²) >= 11 is 0. The lowest BCUT2D eigenvalue weighted by Crippen LogP contribution is -2.32. The average Bonchev–Trinajstić information content (AvgIpc) is 2.79. The van der Waals surface area contributed by atoms with E-state index in [1.165, 1.54) is 0 Å². The van der Waals surface area contributed by atoms with E-state index in [2.05, 4.69) is 10.5 Å². The average molecular weight is 288 g/mol. The van der Waals surface area contributed by atoms with Crippen LogP contribution in [-0.4, -0.2) is 28.7 Å². The first-order valence-electron chi connectivity index (χ1n) is 6.49. The predicted molar refractivity (Wildman–Crippen MR) is 75.1 cm³/mol. The summed E-state index contributed by atoms with van der Waals surface area (Å²) in [7, 11) is 0. The fourth-order valence-corrected chi connectivity index (χ4v) is 2.12. The van der Waals surface area contributed by atoms with Crippen LogP contribution < -0.4 is 5.32 Å².